The van der Waals surface area contributed by atoms with Crippen LogP contribution in [0.15, 0.2) is 45.8 Å². The molecule has 26 heavy (non-hydrogen) atoms. The summed E-state index contributed by atoms with van der Waals surface area (Å²) in [7, 11) is 0. The van der Waals surface area contributed by atoms with E-state index >= 15 is 0 Å². The van der Waals surface area contributed by atoms with Crippen LogP contribution in [0.5, 0.6) is 0 Å². The maximum absolute atomic E-state index is 10.6. The lowest BCUT2D eigenvalue weighted by atomic mass is 10.0. The Balaban J connectivity index is 0.00000338. The number of aliphatic hydroxyl groups is 1. The Morgan fingerprint density at radius 1 is 1.27 bits per heavy atom. The van der Waals surface area contributed by atoms with E-state index in [1.165, 1.54) is 0 Å². The van der Waals surface area contributed by atoms with Crippen molar-refractivity contribution in [2.45, 2.75) is 32.8 Å². The van der Waals surface area contributed by atoms with Gasteiger partial charge in [0.1, 0.15) is 17.1 Å². The summed E-state index contributed by atoms with van der Waals surface area (Å²) in [4.78, 5) is 4.48. The predicted octanol–water partition coefficient (Wildman–Crippen LogP) is 3.86. The summed E-state index contributed by atoms with van der Waals surface area (Å²) >= 11 is 6.00. The lowest BCUT2D eigenvalue weighted by Crippen LogP contribution is -2.39. The maximum atomic E-state index is 10.6. The van der Waals surface area contributed by atoms with Crippen molar-refractivity contribution in [3.8, 4) is 0 Å². The minimum atomic E-state index is -1.15. The Bertz CT molecular complexity index is 716. The summed E-state index contributed by atoms with van der Waals surface area (Å²) < 4.78 is 5.52. The predicted molar refractivity (Wildman–Crippen MR) is 118 cm³/mol. The van der Waals surface area contributed by atoms with Crippen LogP contribution in [0.4, 0.5) is 0 Å². The molecule has 0 bridgehead atoms. The number of nitrogens with zero attached hydrogens (tertiary/aromatic N) is 1. The number of rotatable bonds is 7. The molecule has 5 nitrogen and oxygen atoms in total. The summed E-state index contributed by atoms with van der Waals surface area (Å²) in [5.74, 6) is 1.95. The van der Waals surface area contributed by atoms with Gasteiger partial charge in [0.15, 0.2) is 5.96 Å². The van der Waals surface area contributed by atoms with Crippen molar-refractivity contribution >= 4 is 41.5 Å². The number of halogens is 2. The van der Waals surface area contributed by atoms with Gasteiger partial charge in [0.05, 0.1) is 6.54 Å². The summed E-state index contributed by atoms with van der Waals surface area (Å²) in [5.41, 5.74) is 0.0118. The van der Waals surface area contributed by atoms with Crippen molar-refractivity contribution in [1.29, 1.82) is 0 Å². The summed E-state index contributed by atoms with van der Waals surface area (Å²) in [6.07, 6.45) is 0.832. The Kier molecular flexibility index (Phi) is 9.46. The zero-order valence-corrected chi connectivity index (χ0v) is 18.5. The Morgan fingerprint density at radius 3 is 2.65 bits per heavy atom. The number of guanidine groups is 1. The molecule has 0 saturated carbocycles. The number of hydrogen-bond donors (Lipinski definition) is 3. The van der Waals surface area contributed by atoms with Gasteiger partial charge in [-0.05, 0) is 57.0 Å². The summed E-state index contributed by atoms with van der Waals surface area (Å²) in [6, 6.07) is 11.4. The van der Waals surface area contributed by atoms with Gasteiger partial charge in [0.2, 0.25) is 0 Å². The van der Waals surface area contributed by atoms with E-state index in [0.29, 0.717) is 18.3 Å². The van der Waals surface area contributed by atoms with Crippen LogP contribution < -0.4 is 10.6 Å². The molecule has 1 aromatic heterocycles. The van der Waals surface area contributed by atoms with Gasteiger partial charge < -0.3 is 20.2 Å². The lowest BCUT2D eigenvalue weighted by molar-refractivity contribution is 0.0428. The molecule has 3 N–H and O–H groups in total. The molecule has 2 aromatic rings. The van der Waals surface area contributed by atoms with Crippen LogP contribution >= 0.6 is 35.6 Å². The van der Waals surface area contributed by atoms with Gasteiger partial charge in [-0.3, -0.25) is 0 Å². The number of hydrogen-bond acceptors (Lipinski definition) is 3. The van der Waals surface area contributed by atoms with E-state index in [4.69, 9.17) is 16.0 Å². The van der Waals surface area contributed by atoms with Gasteiger partial charge in [0.25, 0.3) is 0 Å². The van der Waals surface area contributed by atoms with Gasteiger partial charge >= 0.3 is 0 Å². The first-order valence-corrected chi connectivity index (χ1v) is 8.84. The first-order valence-electron chi connectivity index (χ1n) is 8.46. The second kappa shape index (κ2) is 10.8. The molecule has 2 rings (SSSR count). The van der Waals surface area contributed by atoms with Gasteiger partial charge in [-0.2, -0.15) is 0 Å². The fraction of sp³-hybridized carbons (Fsp3) is 0.421. The molecular formula is C19H27ClIN3O2. The highest BCUT2D eigenvalue weighted by molar-refractivity contribution is 14.0. The first-order chi connectivity index (χ1) is 11.9. The molecule has 1 unspecified atom stereocenters. The molecular weight excluding hydrogens is 465 g/mol. The van der Waals surface area contributed by atoms with Gasteiger partial charge in [-0.1, -0.05) is 23.7 Å². The quantitative estimate of drug-likeness (QED) is 0.312. The standard InChI is InChI=1S/C19H26ClN3O2.HI/c1-4-21-18(22-11-10-15-6-5-7-16(20)12-15)23-13-19(3,24)17-9-8-14(2)25-17;/h5-9,12,24H,4,10-11,13H2,1-3H3,(H2,21,22,23);1H. The zero-order chi connectivity index (χ0) is 18.3. The monoisotopic (exact) mass is 491 g/mol. The third kappa shape index (κ3) is 7.17. The smallest absolute Gasteiger partial charge is 0.191 e. The zero-order valence-electron chi connectivity index (χ0n) is 15.4. The van der Waals surface area contributed by atoms with Crippen LogP contribution in [-0.2, 0) is 12.0 Å². The molecule has 144 valence electrons. The van der Waals surface area contributed by atoms with Crippen LogP contribution in [0, 0.1) is 6.92 Å². The minimum Gasteiger partial charge on any atom is -0.463 e. The van der Waals surface area contributed by atoms with Crippen molar-refractivity contribution in [2.75, 3.05) is 19.6 Å². The highest BCUT2D eigenvalue weighted by atomic mass is 127. The molecule has 0 aliphatic rings. The number of aryl methyl sites for hydroxylation is 1. The van der Waals surface area contributed by atoms with E-state index in [1.54, 1.807) is 13.0 Å². The van der Waals surface area contributed by atoms with Crippen molar-refractivity contribution in [3.63, 3.8) is 0 Å². The van der Waals surface area contributed by atoms with Crippen LogP contribution in [-0.4, -0.2) is 30.7 Å². The van der Waals surface area contributed by atoms with Crippen LogP contribution in [0.3, 0.4) is 0 Å². The van der Waals surface area contributed by atoms with Crippen LogP contribution in [0.25, 0.3) is 0 Å². The third-order valence-corrected chi connectivity index (χ3v) is 3.99. The largest absolute Gasteiger partial charge is 0.463 e. The van der Waals surface area contributed by atoms with E-state index in [-0.39, 0.29) is 30.5 Å². The number of benzene rings is 1. The Morgan fingerprint density at radius 2 is 2.04 bits per heavy atom. The van der Waals surface area contributed by atoms with E-state index in [0.717, 1.165) is 29.3 Å². The first kappa shape index (κ1) is 22.8. The summed E-state index contributed by atoms with van der Waals surface area (Å²) in [6.45, 7) is 7.21. The van der Waals surface area contributed by atoms with Gasteiger partial charge in [-0.15, -0.1) is 24.0 Å². The fourth-order valence-electron chi connectivity index (χ4n) is 2.39. The molecule has 0 aliphatic heterocycles. The molecule has 0 radical (unpaired) electrons. The van der Waals surface area contributed by atoms with Gasteiger partial charge in [-0.25, -0.2) is 4.99 Å². The van der Waals surface area contributed by atoms with Gasteiger partial charge in [0, 0.05) is 18.1 Å². The van der Waals surface area contributed by atoms with Crippen molar-refractivity contribution < 1.29 is 9.52 Å². The Labute approximate surface area is 177 Å². The third-order valence-electron chi connectivity index (χ3n) is 3.76. The molecule has 0 saturated heterocycles. The number of aliphatic imine (C=N–C) groups is 1. The van der Waals surface area contributed by atoms with Crippen molar-refractivity contribution in [2.24, 2.45) is 4.99 Å². The SMILES string of the molecule is CCNC(=NCC(C)(O)c1ccc(C)o1)NCCc1cccc(Cl)c1.I. The molecule has 1 heterocycles. The van der Waals surface area contributed by atoms with E-state index in [1.807, 2.05) is 44.2 Å². The normalized spacial score (nSPS) is 13.7. The molecule has 0 fully saturated rings. The molecule has 0 amide bonds. The Hall–Kier alpha value is -1.25. The average molecular weight is 492 g/mol. The minimum absolute atomic E-state index is 0. The lowest BCUT2D eigenvalue weighted by Gasteiger charge is -2.19. The summed E-state index contributed by atoms with van der Waals surface area (Å²) in [5, 5.41) is 17.8. The van der Waals surface area contributed by atoms with Crippen LogP contribution in [0.2, 0.25) is 5.02 Å². The molecule has 0 spiro atoms. The molecule has 1 aromatic carbocycles. The van der Waals surface area contributed by atoms with Crippen molar-refractivity contribution in [3.05, 3.63) is 58.5 Å². The second-order valence-electron chi connectivity index (χ2n) is 6.19. The average Bonchev–Trinajstić information content (AvgIpc) is 3.00. The molecule has 1 atom stereocenters. The van der Waals surface area contributed by atoms with E-state index in [9.17, 15) is 5.11 Å². The highest BCUT2D eigenvalue weighted by Crippen LogP contribution is 2.23. The topological polar surface area (TPSA) is 69.8 Å². The van der Waals surface area contributed by atoms with Crippen molar-refractivity contribution in [1.82, 2.24) is 10.6 Å². The van der Waals surface area contributed by atoms with Crippen LogP contribution in [0.1, 0.15) is 30.9 Å². The molecule has 0 aliphatic carbocycles. The fourth-order valence-corrected chi connectivity index (χ4v) is 2.61. The number of nitrogens with one attached hydrogen (secondary N) is 2. The highest BCUT2D eigenvalue weighted by Gasteiger charge is 2.26. The molecule has 7 heteroatoms. The second-order valence-corrected chi connectivity index (χ2v) is 6.62. The van der Waals surface area contributed by atoms with E-state index < -0.39 is 5.60 Å². The maximum Gasteiger partial charge on any atom is 0.191 e. The van der Waals surface area contributed by atoms with E-state index in [2.05, 4.69) is 15.6 Å². The number of furan rings is 1.